The molecule has 1 amide bonds. The minimum absolute atomic E-state index is 0.0434. The van der Waals surface area contributed by atoms with Crippen LogP contribution in [0.25, 0.3) is 0 Å². The van der Waals surface area contributed by atoms with Crippen molar-refractivity contribution in [2.45, 2.75) is 59.4 Å². The Morgan fingerprint density at radius 1 is 1.00 bits per heavy atom. The van der Waals surface area contributed by atoms with Crippen molar-refractivity contribution >= 4 is 11.9 Å². The molecule has 118 valence electrons. The van der Waals surface area contributed by atoms with Gasteiger partial charge in [0.1, 0.15) is 0 Å². The maximum Gasteiger partial charge on any atom is 0.317 e. The molecule has 5 nitrogen and oxygen atoms in total. The SMILES string of the molecule is CCCCN(CCCC)C(=O)CN(CC(=O)O)C(C)C. The Morgan fingerprint density at radius 3 is 1.85 bits per heavy atom. The first-order valence-corrected chi connectivity index (χ1v) is 7.65. The summed E-state index contributed by atoms with van der Waals surface area (Å²) in [6.07, 6.45) is 4.10. The van der Waals surface area contributed by atoms with Crippen LogP contribution in [0.5, 0.6) is 0 Å². The number of amides is 1. The molecule has 0 aromatic carbocycles. The van der Waals surface area contributed by atoms with Crippen LogP contribution in [0.1, 0.15) is 53.4 Å². The number of hydrogen-bond donors (Lipinski definition) is 1. The van der Waals surface area contributed by atoms with Gasteiger partial charge in [-0.15, -0.1) is 0 Å². The smallest absolute Gasteiger partial charge is 0.317 e. The van der Waals surface area contributed by atoms with Gasteiger partial charge < -0.3 is 10.0 Å². The van der Waals surface area contributed by atoms with Gasteiger partial charge in [0.2, 0.25) is 5.91 Å². The van der Waals surface area contributed by atoms with E-state index in [-0.39, 0.29) is 25.0 Å². The molecule has 0 saturated heterocycles. The summed E-state index contributed by atoms with van der Waals surface area (Å²) in [6.45, 7) is 9.69. The first-order valence-electron chi connectivity index (χ1n) is 7.65. The Kier molecular flexibility index (Phi) is 10.1. The molecule has 0 fully saturated rings. The third kappa shape index (κ3) is 8.15. The summed E-state index contributed by atoms with van der Waals surface area (Å²) < 4.78 is 0. The van der Waals surface area contributed by atoms with E-state index in [1.54, 1.807) is 4.90 Å². The fraction of sp³-hybridized carbons (Fsp3) is 0.867. The Labute approximate surface area is 122 Å². The number of nitrogens with zero attached hydrogens (tertiary/aromatic N) is 2. The molecule has 0 aliphatic carbocycles. The Morgan fingerprint density at radius 2 is 1.50 bits per heavy atom. The molecule has 0 aromatic rings. The quantitative estimate of drug-likeness (QED) is 0.632. The lowest BCUT2D eigenvalue weighted by atomic mass is 10.2. The van der Waals surface area contributed by atoms with E-state index in [2.05, 4.69) is 13.8 Å². The summed E-state index contributed by atoms with van der Waals surface area (Å²) in [6, 6.07) is 0.0502. The van der Waals surface area contributed by atoms with Gasteiger partial charge in [-0.1, -0.05) is 26.7 Å². The van der Waals surface area contributed by atoms with E-state index in [1.807, 2.05) is 18.7 Å². The van der Waals surface area contributed by atoms with Crippen LogP contribution in [0.3, 0.4) is 0 Å². The van der Waals surface area contributed by atoms with Crippen LogP contribution in [0.4, 0.5) is 0 Å². The number of rotatable bonds is 11. The van der Waals surface area contributed by atoms with E-state index in [9.17, 15) is 9.59 Å². The van der Waals surface area contributed by atoms with E-state index in [0.717, 1.165) is 38.8 Å². The van der Waals surface area contributed by atoms with Crippen LogP contribution < -0.4 is 0 Å². The molecular weight excluding hydrogens is 256 g/mol. The normalized spacial score (nSPS) is 11.1. The summed E-state index contributed by atoms with van der Waals surface area (Å²) in [5.41, 5.74) is 0. The number of hydrogen-bond acceptors (Lipinski definition) is 3. The lowest BCUT2D eigenvalue weighted by Gasteiger charge is -2.28. The predicted molar refractivity (Wildman–Crippen MR) is 80.7 cm³/mol. The summed E-state index contributed by atoms with van der Waals surface area (Å²) in [5.74, 6) is -0.845. The lowest BCUT2D eigenvalue weighted by molar-refractivity contribution is -0.140. The van der Waals surface area contributed by atoms with Gasteiger partial charge in [0, 0.05) is 19.1 Å². The largest absolute Gasteiger partial charge is 0.480 e. The van der Waals surface area contributed by atoms with E-state index in [4.69, 9.17) is 5.11 Å². The Hall–Kier alpha value is -1.10. The van der Waals surface area contributed by atoms with Crippen molar-refractivity contribution in [3.63, 3.8) is 0 Å². The van der Waals surface area contributed by atoms with Crippen molar-refractivity contribution in [3.8, 4) is 0 Å². The van der Waals surface area contributed by atoms with Crippen LogP contribution in [-0.2, 0) is 9.59 Å². The van der Waals surface area contributed by atoms with E-state index >= 15 is 0 Å². The first kappa shape index (κ1) is 18.9. The number of aliphatic carboxylic acids is 1. The minimum Gasteiger partial charge on any atom is -0.480 e. The molecule has 0 unspecified atom stereocenters. The number of carbonyl (C=O) groups excluding carboxylic acids is 1. The van der Waals surface area contributed by atoms with E-state index in [0.29, 0.717) is 0 Å². The highest BCUT2D eigenvalue weighted by Crippen LogP contribution is 2.04. The molecule has 0 heterocycles. The molecule has 0 aliphatic rings. The molecule has 0 spiro atoms. The van der Waals surface area contributed by atoms with Crippen LogP contribution in [-0.4, -0.2) is 59.0 Å². The molecular formula is C15H30N2O3. The first-order chi connectivity index (χ1) is 9.42. The van der Waals surface area contributed by atoms with Gasteiger partial charge >= 0.3 is 5.97 Å². The Balaban J connectivity index is 4.55. The van der Waals surface area contributed by atoms with Gasteiger partial charge in [-0.2, -0.15) is 0 Å². The highest BCUT2D eigenvalue weighted by molar-refractivity contribution is 5.79. The molecule has 0 saturated carbocycles. The summed E-state index contributed by atoms with van der Waals surface area (Å²) in [7, 11) is 0. The zero-order chi connectivity index (χ0) is 15.5. The van der Waals surface area contributed by atoms with Gasteiger partial charge in [-0.3, -0.25) is 14.5 Å². The minimum atomic E-state index is -0.889. The number of carbonyl (C=O) groups is 2. The van der Waals surface area contributed by atoms with Crippen LogP contribution >= 0.6 is 0 Å². The topological polar surface area (TPSA) is 60.9 Å². The zero-order valence-corrected chi connectivity index (χ0v) is 13.4. The predicted octanol–water partition coefficient (Wildman–Crippen LogP) is 2.21. The van der Waals surface area contributed by atoms with Crippen LogP contribution in [0.2, 0.25) is 0 Å². The molecule has 0 aliphatic heterocycles. The van der Waals surface area contributed by atoms with Gasteiger partial charge in [0.15, 0.2) is 0 Å². The third-order valence-corrected chi connectivity index (χ3v) is 3.32. The van der Waals surface area contributed by atoms with Crippen LogP contribution in [0.15, 0.2) is 0 Å². The maximum absolute atomic E-state index is 12.3. The molecule has 0 aromatic heterocycles. The second-order valence-electron chi connectivity index (χ2n) is 5.48. The van der Waals surface area contributed by atoms with E-state index < -0.39 is 5.97 Å². The fourth-order valence-corrected chi connectivity index (χ4v) is 1.93. The van der Waals surface area contributed by atoms with Crippen molar-refractivity contribution in [2.75, 3.05) is 26.2 Å². The van der Waals surface area contributed by atoms with Crippen LogP contribution in [0, 0.1) is 0 Å². The molecule has 0 bridgehead atoms. The molecule has 0 radical (unpaired) electrons. The molecule has 1 N–H and O–H groups in total. The fourth-order valence-electron chi connectivity index (χ4n) is 1.93. The zero-order valence-electron chi connectivity index (χ0n) is 13.4. The highest BCUT2D eigenvalue weighted by Gasteiger charge is 2.20. The third-order valence-electron chi connectivity index (χ3n) is 3.32. The lowest BCUT2D eigenvalue weighted by Crippen LogP contribution is -2.45. The summed E-state index contributed by atoms with van der Waals surface area (Å²) in [4.78, 5) is 26.8. The average molecular weight is 286 g/mol. The second kappa shape index (κ2) is 10.7. The standard InChI is InChI=1S/C15H30N2O3/c1-5-7-9-16(10-8-6-2)14(18)11-17(13(3)4)12-15(19)20/h13H,5-12H2,1-4H3,(H,19,20). The number of carboxylic acids is 1. The molecule has 20 heavy (non-hydrogen) atoms. The summed E-state index contributed by atoms with van der Waals surface area (Å²) >= 11 is 0. The van der Waals surface area contributed by atoms with Gasteiger partial charge in [-0.25, -0.2) is 0 Å². The Bertz CT molecular complexity index is 285. The maximum atomic E-state index is 12.3. The summed E-state index contributed by atoms with van der Waals surface area (Å²) in [5, 5.41) is 8.90. The molecule has 5 heteroatoms. The number of carboxylic acid groups (broad SMARTS) is 1. The second-order valence-corrected chi connectivity index (χ2v) is 5.48. The van der Waals surface area contributed by atoms with Crippen molar-refractivity contribution in [1.82, 2.24) is 9.80 Å². The van der Waals surface area contributed by atoms with E-state index in [1.165, 1.54) is 0 Å². The van der Waals surface area contributed by atoms with Crippen molar-refractivity contribution in [3.05, 3.63) is 0 Å². The van der Waals surface area contributed by atoms with Gasteiger partial charge in [-0.05, 0) is 26.7 Å². The highest BCUT2D eigenvalue weighted by atomic mass is 16.4. The average Bonchev–Trinajstić information content (AvgIpc) is 2.37. The molecule has 0 atom stereocenters. The molecule has 0 rings (SSSR count). The van der Waals surface area contributed by atoms with Crippen molar-refractivity contribution in [2.24, 2.45) is 0 Å². The van der Waals surface area contributed by atoms with Gasteiger partial charge in [0.05, 0.1) is 13.1 Å². The van der Waals surface area contributed by atoms with Crippen molar-refractivity contribution < 1.29 is 14.7 Å². The number of unbranched alkanes of at least 4 members (excludes halogenated alkanes) is 2. The van der Waals surface area contributed by atoms with Gasteiger partial charge in [0.25, 0.3) is 0 Å². The van der Waals surface area contributed by atoms with Crippen molar-refractivity contribution in [1.29, 1.82) is 0 Å². The monoisotopic (exact) mass is 286 g/mol.